The van der Waals surface area contributed by atoms with E-state index in [1.54, 1.807) is 20.4 Å². The van der Waals surface area contributed by atoms with Crippen LogP contribution in [0.4, 0.5) is 5.69 Å². The van der Waals surface area contributed by atoms with E-state index in [1.807, 2.05) is 60.7 Å². The average Bonchev–Trinajstić information content (AvgIpc) is 2.68. The number of nitrogens with one attached hydrogen (secondary N) is 1. The average molecular weight is 332 g/mol. The topological polar surface area (TPSA) is 42.8 Å². The van der Waals surface area contributed by atoms with E-state index in [0.717, 1.165) is 28.1 Å². The summed E-state index contributed by atoms with van der Waals surface area (Å²) in [5.41, 5.74) is 7.13. The van der Waals surface area contributed by atoms with Crippen molar-refractivity contribution in [3.8, 4) is 22.6 Å². The fourth-order valence-electron chi connectivity index (χ4n) is 2.51. The quantitative estimate of drug-likeness (QED) is 0.520. The summed E-state index contributed by atoms with van der Waals surface area (Å²) in [7, 11) is 3.27. The van der Waals surface area contributed by atoms with E-state index >= 15 is 0 Å². The molecule has 1 N–H and O–H groups in total. The lowest BCUT2D eigenvalue weighted by Crippen LogP contribution is -1.92. The van der Waals surface area contributed by atoms with E-state index in [4.69, 9.17) is 9.47 Å². The Morgan fingerprint density at radius 3 is 2.28 bits per heavy atom. The summed E-state index contributed by atoms with van der Waals surface area (Å²) in [6.07, 6.45) is 1.80. The van der Waals surface area contributed by atoms with Gasteiger partial charge in [-0.05, 0) is 47.0 Å². The Kier molecular flexibility index (Phi) is 5.32. The third-order valence-electron chi connectivity index (χ3n) is 3.78. The number of benzene rings is 3. The standard InChI is InChI=1S/C21H20N2O2/c1-24-20-12-11-18(14-21(20)25-2)17-8-6-7-16(13-17)15-22-23-19-9-4-3-5-10-19/h3-15,23H,1-2H3. The van der Waals surface area contributed by atoms with Crippen molar-refractivity contribution < 1.29 is 9.47 Å². The van der Waals surface area contributed by atoms with Crippen molar-refractivity contribution in [3.05, 3.63) is 78.4 Å². The molecule has 0 bridgehead atoms. The molecule has 0 aromatic heterocycles. The van der Waals surface area contributed by atoms with Crippen LogP contribution in [-0.2, 0) is 0 Å². The van der Waals surface area contributed by atoms with Crippen LogP contribution in [0.25, 0.3) is 11.1 Å². The molecule has 0 saturated heterocycles. The third-order valence-corrected chi connectivity index (χ3v) is 3.78. The van der Waals surface area contributed by atoms with Gasteiger partial charge in [0.05, 0.1) is 26.1 Å². The van der Waals surface area contributed by atoms with Gasteiger partial charge in [-0.1, -0.05) is 42.5 Å². The van der Waals surface area contributed by atoms with Gasteiger partial charge < -0.3 is 9.47 Å². The molecule has 126 valence electrons. The molecule has 3 aromatic rings. The maximum absolute atomic E-state index is 5.38. The molecule has 3 aromatic carbocycles. The lowest BCUT2D eigenvalue weighted by molar-refractivity contribution is 0.355. The van der Waals surface area contributed by atoms with Crippen molar-refractivity contribution >= 4 is 11.9 Å². The smallest absolute Gasteiger partial charge is 0.161 e. The second-order valence-corrected chi connectivity index (χ2v) is 5.43. The molecule has 3 rings (SSSR count). The van der Waals surface area contributed by atoms with E-state index in [2.05, 4.69) is 22.7 Å². The molecule has 0 aliphatic carbocycles. The molecule has 0 fully saturated rings. The number of hydrazone groups is 1. The number of hydrogen-bond donors (Lipinski definition) is 1. The molecule has 25 heavy (non-hydrogen) atoms. The number of methoxy groups -OCH3 is 2. The highest BCUT2D eigenvalue weighted by Gasteiger charge is 2.06. The minimum atomic E-state index is 0.713. The van der Waals surface area contributed by atoms with Gasteiger partial charge in [-0.3, -0.25) is 5.43 Å². The van der Waals surface area contributed by atoms with Crippen molar-refractivity contribution in [3.63, 3.8) is 0 Å². The van der Waals surface area contributed by atoms with Crippen LogP contribution in [0.15, 0.2) is 77.9 Å². The van der Waals surface area contributed by atoms with Crippen molar-refractivity contribution in [2.24, 2.45) is 5.10 Å². The first-order chi connectivity index (χ1) is 12.3. The van der Waals surface area contributed by atoms with Crippen molar-refractivity contribution in [2.75, 3.05) is 19.6 Å². The van der Waals surface area contributed by atoms with Crippen molar-refractivity contribution in [1.82, 2.24) is 0 Å². The van der Waals surface area contributed by atoms with Crippen molar-refractivity contribution in [2.45, 2.75) is 0 Å². The van der Waals surface area contributed by atoms with E-state index in [0.29, 0.717) is 5.75 Å². The van der Waals surface area contributed by atoms with Crippen LogP contribution in [0, 0.1) is 0 Å². The molecule has 4 nitrogen and oxygen atoms in total. The molecule has 0 heterocycles. The van der Waals surface area contributed by atoms with Crippen LogP contribution in [-0.4, -0.2) is 20.4 Å². The van der Waals surface area contributed by atoms with Gasteiger partial charge in [0.2, 0.25) is 0 Å². The minimum absolute atomic E-state index is 0.713. The van der Waals surface area contributed by atoms with Crippen LogP contribution in [0.2, 0.25) is 0 Å². The fraction of sp³-hybridized carbons (Fsp3) is 0.0952. The van der Waals surface area contributed by atoms with E-state index in [-0.39, 0.29) is 0 Å². The minimum Gasteiger partial charge on any atom is -0.493 e. The Bertz CT molecular complexity index is 861. The highest BCUT2D eigenvalue weighted by Crippen LogP contribution is 2.32. The SMILES string of the molecule is COc1ccc(-c2cccc(C=NNc3ccccc3)c2)cc1OC. The fourth-order valence-corrected chi connectivity index (χ4v) is 2.51. The number of ether oxygens (including phenoxy) is 2. The maximum Gasteiger partial charge on any atom is 0.161 e. The summed E-state index contributed by atoms with van der Waals surface area (Å²) >= 11 is 0. The van der Waals surface area contributed by atoms with Gasteiger partial charge in [0.25, 0.3) is 0 Å². The zero-order chi connectivity index (χ0) is 17.5. The number of hydrogen-bond acceptors (Lipinski definition) is 4. The van der Waals surface area contributed by atoms with Gasteiger partial charge in [-0.15, -0.1) is 0 Å². The molecule has 0 aliphatic heterocycles. The van der Waals surface area contributed by atoms with Gasteiger partial charge in [-0.25, -0.2) is 0 Å². The van der Waals surface area contributed by atoms with Crippen LogP contribution >= 0.6 is 0 Å². The number of nitrogens with zero attached hydrogens (tertiary/aromatic N) is 1. The van der Waals surface area contributed by atoms with Crippen LogP contribution in [0.3, 0.4) is 0 Å². The first-order valence-corrected chi connectivity index (χ1v) is 7.97. The lowest BCUT2D eigenvalue weighted by atomic mass is 10.0. The molecule has 0 amide bonds. The summed E-state index contributed by atoms with van der Waals surface area (Å²) in [5, 5.41) is 4.29. The van der Waals surface area contributed by atoms with Gasteiger partial charge in [-0.2, -0.15) is 5.10 Å². The molecule has 0 unspecified atom stereocenters. The highest BCUT2D eigenvalue weighted by molar-refractivity contribution is 5.83. The van der Waals surface area contributed by atoms with Gasteiger partial charge >= 0.3 is 0 Å². The molecule has 0 saturated carbocycles. The Morgan fingerprint density at radius 1 is 0.760 bits per heavy atom. The summed E-state index contributed by atoms with van der Waals surface area (Å²) in [6.45, 7) is 0. The zero-order valence-electron chi connectivity index (χ0n) is 14.3. The number of para-hydroxylation sites is 1. The summed E-state index contributed by atoms with van der Waals surface area (Å²) in [6, 6.07) is 23.9. The van der Waals surface area contributed by atoms with Gasteiger partial charge in [0.15, 0.2) is 11.5 Å². The molecule has 0 radical (unpaired) electrons. The van der Waals surface area contributed by atoms with E-state index in [1.165, 1.54) is 0 Å². The Balaban J connectivity index is 1.79. The van der Waals surface area contributed by atoms with Crippen molar-refractivity contribution in [1.29, 1.82) is 0 Å². The van der Waals surface area contributed by atoms with Gasteiger partial charge in [0, 0.05) is 0 Å². The third kappa shape index (κ3) is 4.18. The molecule has 0 atom stereocenters. The van der Waals surface area contributed by atoms with E-state index in [9.17, 15) is 0 Å². The first-order valence-electron chi connectivity index (χ1n) is 7.97. The molecule has 4 heteroatoms. The first kappa shape index (κ1) is 16.6. The summed E-state index contributed by atoms with van der Waals surface area (Å²) in [5.74, 6) is 1.43. The second kappa shape index (κ2) is 8.02. The zero-order valence-corrected chi connectivity index (χ0v) is 14.3. The predicted molar refractivity (Wildman–Crippen MR) is 103 cm³/mol. The van der Waals surface area contributed by atoms with Crippen LogP contribution < -0.4 is 14.9 Å². The number of anilines is 1. The summed E-state index contributed by atoms with van der Waals surface area (Å²) < 4.78 is 10.7. The molecular weight excluding hydrogens is 312 g/mol. The molecular formula is C21H20N2O2. The Morgan fingerprint density at radius 2 is 1.52 bits per heavy atom. The van der Waals surface area contributed by atoms with E-state index < -0.39 is 0 Å². The highest BCUT2D eigenvalue weighted by atomic mass is 16.5. The molecule has 0 aliphatic rings. The largest absolute Gasteiger partial charge is 0.493 e. The number of rotatable bonds is 6. The maximum atomic E-state index is 5.38. The van der Waals surface area contributed by atoms with Crippen LogP contribution in [0.1, 0.15) is 5.56 Å². The summed E-state index contributed by atoms with van der Waals surface area (Å²) in [4.78, 5) is 0. The Labute approximate surface area is 147 Å². The predicted octanol–water partition coefficient (Wildman–Crippen LogP) is 4.82. The normalized spacial score (nSPS) is 10.6. The monoisotopic (exact) mass is 332 g/mol. The lowest BCUT2D eigenvalue weighted by Gasteiger charge is -2.10. The Hall–Kier alpha value is -3.27. The van der Waals surface area contributed by atoms with Gasteiger partial charge in [0.1, 0.15) is 0 Å². The molecule has 0 spiro atoms. The van der Waals surface area contributed by atoms with Crippen LogP contribution in [0.5, 0.6) is 11.5 Å². The second-order valence-electron chi connectivity index (χ2n) is 5.43.